The summed E-state index contributed by atoms with van der Waals surface area (Å²) in [5.74, 6) is 0. The van der Waals surface area contributed by atoms with Gasteiger partial charge in [-0.05, 0) is 62.1 Å². The Morgan fingerprint density at radius 2 is 1.93 bits per heavy atom. The number of unbranched alkanes of at least 4 members (excludes halogenated alkanes) is 1. The maximum atomic E-state index is 14.1. The van der Waals surface area contributed by atoms with Gasteiger partial charge in [0.25, 0.3) is 15.6 Å². The zero-order chi connectivity index (χ0) is 30.7. The molecule has 5 rings (SSSR count). The molecule has 0 spiro atoms. The zero-order valence-corrected chi connectivity index (χ0v) is 25.2. The van der Waals surface area contributed by atoms with Gasteiger partial charge < -0.3 is 14.0 Å². The molecule has 1 aliphatic rings. The number of nitrogens with zero attached hydrogens (tertiary/aromatic N) is 8. The summed E-state index contributed by atoms with van der Waals surface area (Å²) in [6, 6.07) is 13.4. The Bertz CT molecular complexity index is 1890. The predicted octanol–water partition coefficient (Wildman–Crippen LogP) is 1.96. The molecule has 1 unspecified atom stereocenters. The average molecular weight is 603 g/mol. The lowest BCUT2D eigenvalue weighted by Gasteiger charge is -2.40. The van der Waals surface area contributed by atoms with Crippen LogP contribution >= 0.6 is 0 Å². The number of pyridine rings is 1. The number of benzene rings is 1. The highest BCUT2D eigenvalue weighted by molar-refractivity contribution is 7.89. The smallest absolute Gasteiger partial charge is 0.330 e. The number of aryl methyl sites for hydroxylation is 2. The zero-order valence-electron chi connectivity index (χ0n) is 24.4. The van der Waals surface area contributed by atoms with Crippen LogP contribution < -0.4 is 16.1 Å². The van der Waals surface area contributed by atoms with Crippen LogP contribution in [0.2, 0.25) is 0 Å². The average Bonchev–Trinajstić information content (AvgIpc) is 3.41. The topological polar surface area (TPSA) is 139 Å². The van der Waals surface area contributed by atoms with Crippen molar-refractivity contribution in [3.8, 4) is 6.07 Å². The minimum atomic E-state index is -4.01. The third-order valence-electron chi connectivity index (χ3n) is 7.98. The highest BCUT2D eigenvalue weighted by Crippen LogP contribution is 2.33. The fourth-order valence-corrected chi connectivity index (χ4v) is 7.10. The first-order chi connectivity index (χ1) is 20.6. The summed E-state index contributed by atoms with van der Waals surface area (Å²) in [6.45, 7) is 2.95. The summed E-state index contributed by atoms with van der Waals surface area (Å²) in [4.78, 5) is 35.7. The minimum Gasteiger partial charge on any atom is -0.364 e. The lowest BCUT2D eigenvalue weighted by molar-refractivity contribution is 0.299. The monoisotopic (exact) mass is 602 g/mol. The number of hydrogen-bond donors (Lipinski definition) is 0. The lowest BCUT2D eigenvalue weighted by Crippen LogP contribution is -2.51. The van der Waals surface area contributed by atoms with Gasteiger partial charge in [-0.25, -0.2) is 23.2 Å². The maximum Gasteiger partial charge on any atom is 0.330 e. The summed E-state index contributed by atoms with van der Waals surface area (Å²) in [7, 11) is -0.481. The molecule has 1 atom stereocenters. The number of imidazole rings is 1. The molecule has 4 heterocycles. The molecule has 3 aromatic heterocycles. The molecule has 13 heteroatoms. The van der Waals surface area contributed by atoms with Gasteiger partial charge in [0.05, 0.1) is 30.2 Å². The molecule has 12 nitrogen and oxygen atoms in total. The second-order valence-corrected chi connectivity index (χ2v) is 12.6. The Morgan fingerprint density at radius 1 is 1.12 bits per heavy atom. The summed E-state index contributed by atoms with van der Waals surface area (Å²) in [6.07, 6.45) is 6.21. The van der Waals surface area contributed by atoms with Gasteiger partial charge >= 0.3 is 5.69 Å². The van der Waals surface area contributed by atoms with Crippen LogP contribution in [-0.4, -0.2) is 55.5 Å². The molecule has 0 bridgehead atoms. The van der Waals surface area contributed by atoms with Crippen molar-refractivity contribution in [2.45, 2.75) is 50.3 Å². The lowest BCUT2D eigenvalue weighted by atomic mass is 9.95. The standard InChI is InChI=1S/C30H34N8O4S/c1-22-14-29(39)37(30(40)35(22)3)12-6-7-13-38(43(41,42)28-8-4-5-11-33-28)25-16-24-15-23(17-31)9-10-27(24)36(19-25)20-26-18-32-21-34(26)2/h4-5,8-11,14-15,18,21,25H,6-7,12-13,16,19-20H2,1-3H3. The number of rotatable bonds is 10. The number of hydrogen-bond acceptors (Lipinski definition) is 8. The van der Waals surface area contributed by atoms with Crippen molar-refractivity contribution in [3.05, 3.63) is 105 Å². The fourth-order valence-electron chi connectivity index (χ4n) is 5.52. The number of fused-ring (bicyclic) bond motifs is 1. The van der Waals surface area contributed by atoms with Crippen molar-refractivity contribution in [3.63, 3.8) is 0 Å². The van der Waals surface area contributed by atoms with Gasteiger partial charge in [-0.3, -0.25) is 9.36 Å². The molecule has 4 aromatic rings. The fraction of sp³-hybridized carbons (Fsp3) is 0.367. The highest BCUT2D eigenvalue weighted by Gasteiger charge is 2.36. The molecule has 0 aliphatic carbocycles. The van der Waals surface area contributed by atoms with Crippen LogP contribution in [0.15, 0.2) is 75.8 Å². The van der Waals surface area contributed by atoms with E-state index in [1.807, 2.05) is 23.7 Å². The van der Waals surface area contributed by atoms with Crippen LogP contribution in [0, 0.1) is 18.3 Å². The number of aromatic nitrogens is 5. The van der Waals surface area contributed by atoms with Crippen LogP contribution in [0.1, 0.15) is 35.4 Å². The first-order valence-corrected chi connectivity index (χ1v) is 15.5. The Morgan fingerprint density at radius 3 is 2.63 bits per heavy atom. The normalized spacial score (nSPS) is 15.0. The van der Waals surface area contributed by atoms with E-state index in [0.717, 1.165) is 16.9 Å². The predicted molar refractivity (Wildman–Crippen MR) is 161 cm³/mol. The van der Waals surface area contributed by atoms with Gasteiger partial charge in [0.15, 0.2) is 5.03 Å². The Kier molecular flexibility index (Phi) is 8.61. The third-order valence-corrected chi connectivity index (χ3v) is 9.85. The van der Waals surface area contributed by atoms with Gasteiger partial charge in [0, 0.05) is 69.6 Å². The van der Waals surface area contributed by atoms with E-state index in [-0.39, 0.29) is 23.7 Å². The number of anilines is 1. The van der Waals surface area contributed by atoms with Crippen LogP contribution in [0.3, 0.4) is 0 Å². The first-order valence-electron chi connectivity index (χ1n) is 14.0. The quantitative estimate of drug-likeness (QED) is 0.251. The van der Waals surface area contributed by atoms with E-state index in [1.54, 1.807) is 44.7 Å². The molecule has 0 saturated carbocycles. The number of nitriles is 1. The Labute approximate surface area is 250 Å². The molecule has 0 amide bonds. The second-order valence-electron chi connectivity index (χ2n) is 10.8. The van der Waals surface area contributed by atoms with Gasteiger partial charge in [0.1, 0.15) is 0 Å². The molecule has 0 N–H and O–H groups in total. The van der Waals surface area contributed by atoms with E-state index >= 15 is 0 Å². The Balaban J connectivity index is 1.46. The summed E-state index contributed by atoms with van der Waals surface area (Å²) < 4.78 is 34.2. The molecule has 1 aromatic carbocycles. The highest BCUT2D eigenvalue weighted by atomic mass is 32.2. The first kappa shape index (κ1) is 29.9. The van der Waals surface area contributed by atoms with Crippen LogP contribution in [-0.2, 0) is 43.6 Å². The van der Waals surface area contributed by atoms with Crippen LogP contribution in [0.5, 0.6) is 0 Å². The van der Waals surface area contributed by atoms with E-state index in [9.17, 15) is 23.3 Å². The molecule has 224 valence electrons. The van der Waals surface area contributed by atoms with Crippen LogP contribution in [0.4, 0.5) is 5.69 Å². The number of sulfonamides is 1. The van der Waals surface area contributed by atoms with Gasteiger partial charge in [0.2, 0.25) is 0 Å². The van der Waals surface area contributed by atoms with Crippen molar-refractivity contribution in [2.24, 2.45) is 14.1 Å². The molecule has 0 saturated heterocycles. The molecule has 0 fully saturated rings. The van der Waals surface area contributed by atoms with Crippen molar-refractivity contribution >= 4 is 15.7 Å². The van der Waals surface area contributed by atoms with Gasteiger partial charge in [-0.1, -0.05) is 6.07 Å². The van der Waals surface area contributed by atoms with E-state index in [0.29, 0.717) is 43.6 Å². The molecule has 1 aliphatic heterocycles. The van der Waals surface area contributed by atoms with Gasteiger partial charge in [-0.15, -0.1) is 0 Å². The molecular weight excluding hydrogens is 568 g/mol. The SMILES string of the molecule is Cc1cc(=O)n(CCCCN(C2Cc3cc(C#N)ccc3N(Cc3cncn3C)C2)S(=O)(=O)c2ccccn2)c(=O)n1C. The summed E-state index contributed by atoms with van der Waals surface area (Å²) >= 11 is 0. The van der Waals surface area contributed by atoms with E-state index in [2.05, 4.69) is 20.9 Å². The van der Waals surface area contributed by atoms with Crippen molar-refractivity contribution < 1.29 is 8.42 Å². The second kappa shape index (κ2) is 12.4. The van der Waals surface area contributed by atoms with Crippen molar-refractivity contribution in [1.82, 2.24) is 28.0 Å². The van der Waals surface area contributed by atoms with Crippen molar-refractivity contribution in [1.29, 1.82) is 5.26 Å². The minimum absolute atomic E-state index is 0.0478. The van der Waals surface area contributed by atoms with Crippen LogP contribution in [0.25, 0.3) is 0 Å². The molecule has 0 radical (unpaired) electrons. The summed E-state index contributed by atoms with van der Waals surface area (Å²) in [5, 5.41) is 9.52. The molecule has 43 heavy (non-hydrogen) atoms. The van der Waals surface area contributed by atoms with E-state index < -0.39 is 21.8 Å². The third kappa shape index (κ3) is 6.16. The largest absolute Gasteiger partial charge is 0.364 e. The van der Waals surface area contributed by atoms with E-state index in [1.165, 1.54) is 31.8 Å². The van der Waals surface area contributed by atoms with Crippen molar-refractivity contribution in [2.75, 3.05) is 18.0 Å². The molecular formula is C30H34N8O4S. The summed E-state index contributed by atoms with van der Waals surface area (Å²) in [5.41, 5.74) is 3.10. The maximum absolute atomic E-state index is 14.1. The van der Waals surface area contributed by atoms with E-state index in [4.69, 9.17) is 0 Å². The Hall–Kier alpha value is -4.54. The van der Waals surface area contributed by atoms with Gasteiger partial charge in [-0.2, -0.15) is 9.57 Å².